The zero-order chi connectivity index (χ0) is 18.9. The molecule has 1 heterocycles. The Bertz CT molecular complexity index is 689. The van der Waals surface area contributed by atoms with Gasteiger partial charge >= 0.3 is 0 Å². The normalized spacial score (nSPS) is 13.1. The Hall–Kier alpha value is -2.41. The first kappa shape index (κ1) is 19.9. The molecule has 0 fully saturated rings. The van der Waals surface area contributed by atoms with Gasteiger partial charge in [0.1, 0.15) is 5.82 Å². The Kier molecular flexibility index (Phi) is 7.59. The van der Waals surface area contributed by atoms with Gasteiger partial charge < -0.3 is 15.2 Å². The zero-order valence-corrected chi connectivity index (χ0v) is 16.5. The molecule has 2 aromatic rings. The van der Waals surface area contributed by atoms with Gasteiger partial charge in [0.05, 0.1) is 12.6 Å². The lowest BCUT2D eigenvalue weighted by Crippen LogP contribution is -2.43. The van der Waals surface area contributed by atoms with Crippen LogP contribution in [0.5, 0.6) is 0 Å². The van der Waals surface area contributed by atoms with E-state index < -0.39 is 0 Å². The molecule has 1 atom stereocenters. The van der Waals surface area contributed by atoms with E-state index in [1.54, 1.807) is 7.05 Å². The molecule has 0 spiro atoms. The van der Waals surface area contributed by atoms with Crippen LogP contribution in [0.4, 0.5) is 0 Å². The van der Waals surface area contributed by atoms with E-state index in [-0.39, 0.29) is 0 Å². The molecule has 2 N–H and O–H groups in total. The van der Waals surface area contributed by atoms with Gasteiger partial charge in [-0.1, -0.05) is 44.2 Å². The number of rotatable bonds is 8. The molecule has 0 saturated carbocycles. The van der Waals surface area contributed by atoms with Crippen LogP contribution in [0.1, 0.15) is 37.1 Å². The van der Waals surface area contributed by atoms with Crippen molar-refractivity contribution in [2.24, 2.45) is 12.0 Å². The number of nitrogens with zero attached hydrogens (tertiary/aromatic N) is 5. The maximum atomic E-state index is 4.33. The maximum Gasteiger partial charge on any atom is 0.191 e. The highest BCUT2D eigenvalue weighted by Gasteiger charge is 2.18. The number of guanidine groups is 1. The molecule has 2 rings (SSSR count). The summed E-state index contributed by atoms with van der Waals surface area (Å²) in [4.78, 5) is 6.78. The second-order valence-electron chi connectivity index (χ2n) is 6.18. The van der Waals surface area contributed by atoms with Crippen molar-refractivity contribution < 1.29 is 0 Å². The van der Waals surface area contributed by atoms with Gasteiger partial charge in [-0.25, -0.2) is 0 Å². The third-order valence-corrected chi connectivity index (χ3v) is 4.72. The van der Waals surface area contributed by atoms with Crippen molar-refractivity contribution >= 4 is 5.96 Å². The zero-order valence-electron chi connectivity index (χ0n) is 16.5. The molecule has 0 amide bonds. The van der Waals surface area contributed by atoms with Crippen molar-refractivity contribution in [1.82, 2.24) is 30.3 Å². The fraction of sp³-hybridized carbons (Fsp3) is 0.526. The summed E-state index contributed by atoms with van der Waals surface area (Å²) in [7, 11) is 3.75. The van der Waals surface area contributed by atoms with E-state index in [1.165, 1.54) is 5.56 Å². The van der Waals surface area contributed by atoms with E-state index in [9.17, 15) is 0 Å². The summed E-state index contributed by atoms with van der Waals surface area (Å²) >= 11 is 0. The fourth-order valence-corrected chi connectivity index (χ4v) is 2.98. The summed E-state index contributed by atoms with van der Waals surface area (Å²) < 4.78 is 1.98. The molecule has 0 saturated heterocycles. The van der Waals surface area contributed by atoms with Gasteiger partial charge in [0.25, 0.3) is 0 Å². The summed E-state index contributed by atoms with van der Waals surface area (Å²) in [6, 6.07) is 10.9. The minimum Gasteiger partial charge on any atom is -0.354 e. The Balaban J connectivity index is 2.00. The van der Waals surface area contributed by atoms with Gasteiger partial charge in [0.15, 0.2) is 11.8 Å². The average Bonchev–Trinajstić information content (AvgIpc) is 3.00. The highest BCUT2D eigenvalue weighted by Crippen LogP contribution is 2.19. The van der Waals surface area contributed by atoms with Gasteiger partial charge in [-0.15, -0.1) is 10.2 Å². The summed E-state index contributed by atoms with van der Waals surface area (Å²) in [5.74, 6) is 2.54. The minimum atomic E-state index is 0.293. The summed E-state index contributed by atoms with van der Waals surface area (Å²) in [6.45, 7) is 9.70. The fourth-order valence-electron chi connectivity index (χ4n) is 2.98. The molecule has 0 aliphatic heterocycles. The number of aryl methyl sites for hydroxylation is 1. The summed E-state index contributed by atoms with van der Waals surface area (Å²) in [6.07, 6.45) is 0. The standard InChI is InChI=1S/C19H31N7/c1-6-26(7-2)17(16-11-9-8-10-12-16)13-21-19(20-4)22-14-18-24-23-15(3)25(18)5/h8-12,17H,6-7,13-14H2,1-5H3,(H2,20,21,22). The topological polar surface area (TPSA) is 70.4 Å². The summed E-state index contributed by atoms with van der Waals surface area (Å²) in [5.41, 5.74) is 1.31. The molecule has 26 heavy (non-hydrogen) atoms. The van der Waals surface area contributed by atoms with E-state index in [2.05, 4.69) is 74.9 Å². The van der Waals surface area contributed by atoms with Crippen LogP contribution in [0.15, 0.2) is 35.3 Å². The van der Waals surface area contributed by atoms with Crippen molar-refractivity contribution in [2.75, 3.05) is 26.7 Å². The molecule has 0 aliphatic rings. The Morgan fingerprint density at radius 1 is 1.15 bits per heavy atom. The van der Waals surface area contributed by atoms with Crippen LogP contribution >= 0.6 is 0 Å². The quantitative estimate of drug-likeness (QED) is 0.557. The number of benzene rings is 1. The molecule has 7 heteroatoms. The van der Waals surface area contributed by atoms with Crippen molar-refractivity contribution in [3.63, 3.8) is 0 Å². The predicted octanol–water partition coefficient (Wildman–Crippen LogP) is 1.87. The monoisotopic (exact) mass is 357 g/mol. The highest BCUT2D eigenvalue weighted by molar-refractivity contribution is 5.79. The van der Waals surface area contributed by atoms with Gasteiger partial charge in [0.2, 0.25) is 0 Å². The molecular weight excluding hydrogens is 326 g/mol. The second-order valence-corrected chi connectivity index (χ2v) is 6.18. The molecule has 1 aromatic carbocycles. The SMILES string of the molecule is CCN(CC)C(CNC(=NC)NCc1nnc(C)n1C)c1ccccc1. The number of aromatic nitrogens is 3. The minimum absolute atomic E-state index is 0.293. The smallest absolute Gasteiger partial charge is 0.191 e. The van der Waals surface area contributed by atoms with Crippen LogP contribution in [0.2, 0.25) is 0 Å². The lowest BCUT2D eigenvalue weighted by Gasteiger charge is -2.30. The third-order valence-electron chi connectivity index (χ3n) is 4.72. The van der Waals surface area contributed by atoms with Gasteiger partial charge in [0, 0.05) is 20.6 Å². The number of hydrogen-bond acceptors (Lipinski definition) is 4. The molecule has 0 radical (unpaired) electrons. The van der Waals surface area contributed by atoms with E-state index >= 15 is 0 Å². The molecule has 1 aromatic heterocycles. The largest absolute Gasteiger partial charge is 0.354 e. The van der Waals surface area contributed by atoms with Crippen LogP contribution in [-0.2, 0) is 13.6 Å². The lowest BCUT2D eigenvalue weighted by atomic mass is 10.1. The van der Waals surface area contributed by atoms with Gasteiger partial charge in [-0.2, -0.15) is 0 Å². The lowest BCUT2D eigenvalue weighted by molar-refractivity contribution is 0.219. The highest BCUT2D eigenvalue weighted by atomic mass is 15.3. The van der Waals surface area contributed by atoms with Gasteiger partial charge in [-0.05, 0) is 25.6 Å². The van der Waals surface area contributed by atoms with Crippen LogP contribution < -0.4 is 10.6 Å². The van der Waals surface area contributed by atoms with Crippen LogP contribution in [-0.4, -0.2) is 52.3 Å². The number of hydrogen-bond donors (Lipinski definition) is 2. The van der Waals surface area contributed by atoms with E-state index in [0.29, 0.717) is 12.6 Å². The molecule has 1 unspecified atom stereocenters. The van der Waals surface area contributed by atoms with E-state index in [0.717, 1.165) is 37.2 Å². The molecule has 7 nitrogen and oxygen atoms in total. The second kappa shape index (κ2) is 9.91. The van der Waals surface area contributed by atoms with Crippen LogP contribution in [0.3, 0.4) is 0 Å². The number of aliphatic imine (C=N–C) groups is 1. The maximum absolute atomic E-state index is 4.33. The first-order valence-corrected chi connectivity index (χ1v) is 9.19. The summed E-state index contributed by atoms with van der Waals surface area (Å²) in [5, 5.41) is 15.0. The van der Waals surface area contributed by atoms with Crippen LogP contribution in [0, 0.1) is 6.92 Å². The number of nitrogens with one attached hydrogen (secondary N) is 2. The predicted molar refractivity (Wildman–Crippen MR) is 106 cm³/mol. The van der Waals surface area contributed by atoms with Crippen molar-refractivity contribution in [1.29, 1.82) is 0 Å². The molecule has 142 valence electrons. The molecular formula is C19H31N7. The average molecular weight is 358 g/mol. The van der Waals surface area contributed by atoms with E-state index in [1.807, 2.05) is 18.5 Å². The van der Waals surface area contributed by atoms with Crippen molar-refractivity contribution in [3.8, 4) is 0 Å². The Morgan fingerprint density at radius 3 is 2.38 bits per heavy atom. The van der Waals surface area contributed by atoms with Crippen molar-refractivity contribution in [2.45, 2.75) is 33.4 Å². The Labute approximate surface area is 156 Å². The first-order valence-electron chi connectivity index (χ1n) is 9.19. The molecule has 0 aliphatic carbocycles. The van der Waals surface area contributed by atoms with Crippen molar-refractivity contribution in [3.05, 3.63) is 47.5 Å². The number of likely N-dealkylation sites (N-methyl/N-ethyl adjacent to an activating group) is 1. The Morgan fingerprint density at radius 2 is 1.85 bits per heavy atom. The third kappa shape index (κ3) is 5.05. The molecule has 0 bridgehead atoms. The van der Waals surface area contributed by atoms with Gasteiger partial charge in [-0.3, -0.25) is 9.89 Å². The van der Waals surface area contributed by atoms with Crippen LogP contribution in [0.25, 0.3) is 0 Å². The van der Waals surface area contributed by atoms with E-state index in [4.69, 9.17) is 0 Å². The first-order chi connectivity index (χ1) is 12.6.